The molecule has 2 rings (SSSR count). The number of hydrogen-bond donors (Lipinski definition) is 3. The second-order valence-electron chi connectivity index (χ2n) is 4.12. The molecule has 0 aliphatic heterocycles. The van der Waals surface area contributed by atoms with Crippen molar-refractivity contribution in [2.24, 2.45) is 0 Å². The molecule has 0 fully saturated rings. The van der Waals surface area contributed by atoms with Crippen molar-refractivity contribution >= 4 is 34.1 Å². The van der Waals surface area contributed by atoms with Gasteiger partial charge in [0.25, 0.3) is 0 Å². The van der Waals surface area contributed by atoms with Crippen LogP contribution in [0, 0.1) is 13.8 Å². The van der Waals surface area contributed by atoms with Crippen molar-refractivity contribution in [1.82, 2.24) is 15.7 Å². The van der Waals surface area contributed by atoms with Crippen LogP contribution in [-0.4, -0.2) is 17.1 Å². The van der Waals surface area contributed by atoms with Gasteiger partial charge in [0.1, 0.15) is 5.82 Å². The van der Waals surface area contributed by atoms with Crippen LogP contribution >= 0.6 is 12.2 Å². The van der Waals surface area contributed by atoms with Gasteiger partial charge >= 0.3 is 0 Å². The molecule has 0 spiro atoms. The highest BCUT2D eigenvalue weighted by molar-refractivity contribution is 7.80. The Balaban J connectivity index is 2.36. The van der Waals surface area contributed by atoms with E-state index in [1.54, 1.807) is 7.05 Å². The average molecular weight is 260 g/mol. The maximum Gasteiger partial charge on any atom is 0.184 e. The fraction of sp³-hybridized carbons (Fsp3) is 0.231. The van der Waals surface area contributed by atoms with Gasteiger partial charge in [-0.2, -0.15) is 0 Å². The molecule has 0 aliphatic rings. The zero-order chi connectivity index (χ0) is 13.1. The Morgan fingerprint density at radius 2 is 2.00 bits per heavy atom. The monoisotopic (exact) mass is 260 g/mol. The van der Waals surface area contributed by atoms with Gasteiger partial charge < -0.3 is 5.32 Å². The van der Waals surface area contributed by atoms with E-state index >= 15 is 0 Å². The van der Waals surface area contributed by atoms with Crippen molar-refractivity contribution in [1.29, 1.82) is 0 Å². The first kappa shape index (κ1) is 12.6. The van der Waals surface area contributed by atoms with Gasteiger partial charge in [0.05, 0.1) is 5.52 Å². The second kappa shape index (κ2) is 5.18. The summed E-state index contributed by atoms with van der Waals surface area (Å²) < 4.78 is 0. The number of hydrazine groups is 1. The molecule has 1 heterocycles. The number of benzene rings is 1. The quantitative estimate of drug-likeness (QED) is 0.571. The molecule has 3 N–H and O–H groups in total. The summed E-state index contributed by atoms with van der Waals surface area (Å²) in [5, 5.41) is 4.53. The van der Waals surface area contributed by atoms with Gasteiger partial charge in [-0.15, -0.1) is 0 Å². The summed E-state index contributed by atoms with van der Waals surface area (Å²) in [7, 11) is 1.76. The summed E-state index contributed by atoms with van der Waals surface area (Å²) in [6.45, 7) is 4.13. The Kier molecular flexibility index (Phi) is 3.62. The van der Waals surface area contributed by atoms with Crippen molar-refractivity contribution in [2.75, 3.05) is 12.5 Å². The highest BCUT2D eigenvalue weighted by atomic mass is 32.1. The zero-order valence-electron chi connectivity index (χ0n) is 10.7. The summed E-state index contributed by atoms with van der Waals surface area (Å²) in [6, 6.07) is 8.19. The Bertz CT molecular complexity index is 595. The van der Waals surface area contributed by atoms with Crippen LogP contribution in [0.1, 0.15) is 11.1 Å². The number of nitrogens with one attached hydrogen (secondary N) is 3. The van der Waals surface area contributed by atoms with E-state index in [2.05, 4.69) is 47.1 Å². The number of thiocarbonyl (C=S) groups is 1. The topological polar surface area (TPSA) is 49.0 Å². The number of pyridine rings is 1. The molecule has 0 aliphatic carbocycles. The average Bonchev–Trinajstić information content (AvgIpc) is 2.37. The Morgan fingerprint density at radius 3 is 2.72 bits per heavy atom. The molecule has 1 aromatic carbocycles. The SMILES string of the molecule is CNC(=S)NNc1cc(C)c2cccc(C)c2n1. The van der Waals surface area contributed by atoms with E-state index in [1.807, 2.05) is 12.1 Å². The molecule has 0 unspecified atom stereocenters. The summed E-state index contributed by atoms with van der Waals surface area (Å²) in [6.07, 6.45) is 0. The Labute approximate surface area is 112 Å². The minimum absolute atomic E-state index is 0.527. The molecule has 18 heavy (non-hydrogen) atoms. The van der Waals surface area contributed by atoms with Gasteiger partial charge in [-0.3, -0.25) is 10.9 Å². The highest BCUT2D eigenvalue weighted by Gasteiger charge is 2.04. The minimum atomic E-state index is 0.527. The van der Waals surface area contributed by atoms with E-state index in [4.69, 9.17) is 12.2 Å². The standard InChI is InChI=1S/C13H16N4S/c1-8-5-4-6-10-9(2)7-11(15-12(8)10)16-17-13(18)14-3/h4-7H,1-3H3,(H,15,16)(H2,14,17,18). The number of fused-ring (bicyclic) bond motifs is 1. The van der Waals surface area contributed by atoms with E-state index in [9.17, 15) is 0 Å². The first-order chi connectivity index (χ1) is 8.61. The maximum absolute atomic E-state index is 5.00. The van der Waals surface area contributed by atoms with E-state index in [-0.39, 0.29) is 0 Å². The summed E-state index contributed by atoms with van der Waals surface area (Å²) in [5.41, 5.74) is 9.22. The molecule has 0 saturated carbocycles. The van der Waals surface area contributed by atoms with Gasteiger partial charge in [-0.1, -0.05) is 18.2 Å². The lowest BCUT2D eigenvalue weighted by molar-refractivity contribution is 1.02. The van der Waals surface area contributed by atoms with Crippen LogP contribution in [0.3, 0.4) is 0 Å². The molecule has 94 valence electrons. The summed E-state index contributed by atoms with van der Waals surface area (Å²) in [4.78, 5) is 4.58. The number of nitrogens with zero attached hydrogens (tertiary/aromatic N) is 1. The molecule has 0 bridgehead atoms. The normalized spacial score (nSPS) is 10.2. The van der Waals surface area contributed by atoms with E-state index in [0.29, 0.717) is 5.11 Å². The van der Waals surface area contributed by atoms with Crippen molar-refractivity contribution in [3.05, 3.63) is 35.4 Å². The number of rotatable bonds is 2. The molecule has 0 atom stereocenters. The number of para-hydroxylation sites is 1. The smallest absolute Gasteiger partial charge is 0.184 e. The summed E-state index contributed by atoms with van der Waals surface area (Å²) in [5.74, 6) is 0.756. The van der Waals surface area contributed by atoms with Crippen molar-refractivity contribution in [3.8, 4) is 0 Å². The van der Waals surface area contributed by atoms with Gasteiger partial charge in [0.2, 0.25) is 0 Å². The number of aromatic nitrogens is 1. The third-order valence-corrected chi connectivity index (χ3v) is 3.09. The van der Waals surface area contributed by atoms with Crippen molar-refractivity contribution in [3.63, 3.8) is 0 Å². The molecule has 2 aromatic rings. The second-order valence-corrected chi connectivity index (χ2v) is 4.53. The predicted molar refractivity (Wildman–Crippen MR) is 79.6 cm³/mol. The van der Waals surface area contributed by atoms with E-state index in [0.717, 1.165) is 16.9 Å². The molecule has 0 saturated heterocycles. The summed E-state index contributed by atoms with van der Waals surface area (Å²) >= 11 is 5.00. The van der Waals surface area contributed by atoms with Crippen LogP contribution < -0.4 is 16.2 Å². The Hall–Kier alpha value is -1.88. The molecular formula is C13H16N4S. The number of hydrogen-bond acceptors (Lipinski definition) is 3. The fourth-order valence-electron chi connectivity index (χ4n) is 1.81. The Morgan fingerprint density at radius 1 is 1.22 bits per heavy atom. The fourth-order valence-corrected chi connectivity index (χ4v) is 1.86. The van der Waals surface area contributed by atoms with Crippen LogP contribution in [-0.2, 0) is 0 Å². The van der Waals surface area contributed by atoms with Crippen LogP contribution in [0.25, 0.3) is 10.9 Å². The lowest BCUT2D eigenvalue weighted by Gasteiger charge is -2.12. The number of anilines is 1. The molecular weight excluding hydrogens is 244 g/mol. The van der Waals surface area contributed by atoms with Crippen LogP contribution in [0.2, 0.25) is 0 Å². The molecule has 0 amide bonds. The van der Waals surface area contributed by atoms with Gasteiger partial charge in [-0.25, -0.2) is 4.98 Å². The lowest BCUT2D eigenvalue weighted by Crippen LogP contribution is -2.36. The highest BCUT2D eigenvalue weighted by Crippen LogP contribution is 2.22. The molecule has 0 radical (unpaired) electrons. The van der Waals surface area contributed by atoms with E-state index in [1.165, 1.54) is 10.9 Å². The van der Waals surface area contributed by atoms with Crippen LogP contribution in [0.15, 0.2) is 24.3 Å². The first-order valence-corrected chi connectivity index (χ1v) is 6.13. The molecule has 4 nitrogen and oxygen atoms in total. The zero-order valence-corrected chi connectivity index (χ0v) is 11.5. The minimum Gasteiger partial charge on any atom is -0.364 e. The van der Waals surface area contributed by atoms with Gasteiger partial charge in [-0.05, 0) is 43.3 Å². The van der Waals surface area contributed by atoms with Crippen LogP contribution in [0.4, 0.5) is 5.82 Å². The first-order valence-electron chi connectivity index (χ1n) is 5.72. The molecule has 5 heteroatoms. The van der Waals surface area contributed by atoms with Crippen LogP contribution in [0.5, 0.6) is 0 Å². The third-order valence-electron chi connectivity index (χ3n) is 2.78. The van der Waals surface area contributed by atoms with Gasteiger partial charge in [0.15, 0.2) is 5.11 Å². The van der Waals surface area contributed by atoms with E-state index < -0.39 is 0 Å². The third kappa shape index (κ3) is 2.51. The maximum atomic E-state index is 5.00. The van der Waals surface area contributed by atoms with Crippen molar-refractivity contribution < 1.29 is 0 Å². The largest absolute Gasteiger partial charge is 0.364 e. The van der Waals surface area contributed by atoms with Crippen molar-refractivity contribution in [2.45, 2.75) is 13.8 Å². The number of aryl methyl sites for hydroxylation is 2. The molecule has 1 aromatic heterocycles. The van der Waals surface area contributed by atoms with Gasteiger partial charge in [0, 0.05) is 12.4 Å². The predicted octanol–water partition coefficient (Wildman–Crippen LogP) is 2.27. The lowest BCUT2D eigenvalue weighted by atomic mass is 10.1.